The molecule has 0 unspecified atom stereocenters. The topological polar surface area (TPSA) is 64.8 Å². The quantitative estimate of drug-likeness (QED) is 0.329. The van der Waals surface area contributed by atoms with Crippen LogP contribution in [0.1, 0.15) is 5.56 Å². The molecular formula is C26H23N3O3. The molecule has 0 atom stereocenters. The number of hydrogen-bond acceptors (Lipinski definition) is 4. The number of carbonyl (C=O) groups is 1. The largest absolute Gasteiger partial charge is 0.497 e. The van der Waals surface area contributed by atoms with E-state index in [1.165, 1.54) is 0 Å². The molecule has 0 bridgehead atoms. The van der Waals surface area contributed by atoms with Gasteiger partial charge in [-0.25, -0.2) is 5.43 Å². The van der Waals surface area contributed by atoms with Crippen molar-refractivity contribution in [1.29, 1.82) is 0 Å². The van der Waals surface area contributed by atoms with E-state index in [9.17, 15) is 4.79 Å². The lowest BCUT2D eigenvalue weighted by atomic mass is 10.1. The molecule has 4 aromatic rings. The zero-order chi connectivity index (χ0) is 22.2. The van der Waals surface area contributed by atoms with E-state index in [0.29, 0.717) is 5.75 Å². The lowest BCUT2D eigenvalue weighted by Gasteiger charge is -2.06. The number of methoxy groups -OCH3 is 1. The highest BCUT2D eigenvalue weighted by molar-refractivity contribution is 5.83. The van der Waals surface area contributed by atoms with Crippen LogP contribution in [-0.2, 0) is 4.79 Å². The zero-order valence-electron chi connectivity index (χ0n) is 17.6. The van der Waals surface area contributed by atoms with Crippen molar-refractivity contribution in [2.24, 2.45) is 5.10 Å². The van der Waals surface area contributed by atoms with E-state index in [-0.39, 0.29) is 12.5 Å². The summed E-state index contributed by atoms with van der Waals surface area (Å²) in [5.74, 6) is 1.10. The third-order valence-electron chi connectivity index (χ3n) is 4.82. The SMILES string of the molecule is COc1ccc(-n2ccc(/C=N/NC(=O)COc3ccc(-c4ccccc4)cc3)c2)cc1. The van der Waals surface area contributed by atoms with Gasteiger partial charge in [0, 0.05) is 23.6 Å². The highest BCUT2D eigenvalue weighted by Crippen LogP contribution is 2.22. The van der Waals surface area contributed by atoms with Crippen LogP contribution in [0.3, 0.4) is 0 Å². The van der Waals surface area contributed by atoms with E-state index >= 15 is 0 Å². The minimum absolute atomic E-state index is 0.116. The number of ether oxygens (including phenoxy) is 2. The summed E-state index contributed by atoms with van der Waals surface area (Å²) in [6.45, 7) is -0.116. The molecule has 0 aliphatic heterocycles. The summed E-state index contributed by atoms with van der Waals surface area (Å²) in [4.78, 5) is 12.0. The van der Waals surface area contributed by atoms with E-state index in [4.69, 9.17) is 9.47 Å². The number of hydrazone groups is 1. The molecule has 32 heavy (non-hydrogen) atoms. The average Bonchev–Trinajstić information content (AvgIpc) is 3.32. The van der Waals surface area contributed by atoms with Crippen molar-refractivity contribution in [2.45, 2.75) is 0 Å². The molecule has 0 aliphatic rings. The lowest BCUT2D eigenvalue weighted by Crippen LogP contribution is -2.24. The van der Waals surface area contributed by atoms with Gasteiger partial charge in [-0.1, -0.05) is 42.5 Å². The highest BCUT2D eigenvalue weighted by atomic mass is 16.5. The molecule has 3 aromatic carbocycles. The molecule has 6 heteroatoms. The Bertz CT molecular complexity index is 1180. The molecule has 0 saturated heterocycles. The molecule has 0 radical (unpaired) electrons. The molecule has 6 nitrogen and oxygen atoms in total. The molecule has 1 N–H and O–H groups in total. The maximum Gasteiger partial charge on any atom is 0.277 e. The van der Waals surface area contributed by atoms with E-state index in [0.717, 1.165) is 28.1 Å². The summed E-state index contributed by atoms with van der Waals surface area (Å²) >= 11 is 0. The van der Waals surface area contributed by atoms with Crippen molar-refractivity contribution < 1.29 is 14.3 Å². The molecule has 0 saturated carbocycles. The summed E-state index contributed by atoms with van der Waals surface area (Å²) in [5, 5.41) is 4.00. The van der Waals surface area contributed by atoms with Crippen molar-refractivity contribution in [1.82, 2.24) is 9.99 Å². The summed E-state index contributed by atoms with van der Waals surface area (Å²) in [7, 11) is 1.64. The van der Waals surface area contributed by atoms with Crippen LogP contribution < -0.4 is 14.9 Å². The number of carbonyl (C=O) groups excluding carboxylic acids is 1. The van der Waals surface area contributed by atoms with Gasteiger partial charge in [-0.2, -0.15) is 5.10 Å². The third-order valence-corrected chi connectivity index (χ3v) is 4.82. The lowest BCUT2D eigenvalue weighted by molar-refractivity contribution is -0.123. The Morgan fingerprint density at radius 3 is 2.31 bits per heavy atom. The molecule has 1 amide bonds. The molecule has 0 aliphatic carbocycles. The summed E-state index contributed by atoms with van der Waals surface area (Å²) in [6, 6.07) is 27.3. The van der Waals surface area contributed by atoms with Crippen LogP contribution in [0.25, 0.3) is 16.8 Å². The van der Waals surface area contributed by atoms with Gasteiger partial charge in [0.05, 0.1) is 13.3 Å². The molecular weight excluding hydrogens is 402 g/mol. The predicted molar refractivity (Wildman–Crippen MR) is 125 cm³/mol. The van der Waals surface area contributed by atoms with E-state index in [2.05, 4.69) is 10.5 Å². The first-order valence-corrected chi connectivity index (χ1v) is 10.1. The Morgan fingerprint density at radius 1 is 0.906 bits per heavy atom. The molecule has 4 rings (SSSR count). The minimum Gasteiger partial charge on any atom is -0.497 e. The molecule has 1 heterocycles. The van der Waals surface area contributed by atoms with E-state index in [1.54, 1.807) is 13.3 Å². The number of hydrogen-bond donors (Lipinski definition) is 1. The van der Waals surface area contributed by atoms with Gasteiger partial charge in [0.1, 0.15) is 11.5 Å². The van der Waals surface area contributed by atoms with Crippen LogP contribution in [0.2, 0.25) is 0 Å². The Hall–Kier alpha value is -4.32. The van der Waals surface area contributed by atoms with Crippen molar-refractivity contribution >= 4 is 12.1 Å². The van der Waals surface area contributed by atoms with Gasteiger partial charge in [0.25, 0.3) is 5.91 Å². The van der Waals surface area contributed by atoms with Crippen LogP contribution in [0.4, 0.5) is 0 Å². The first-order chi connectivity index (χ1) is 15.7. The smallest absolute Gasteiger partial charge is 0.277 e. The number of nitrogens with one attached hydrogen (secondary N) is 1. The fourth-order valence-corrected chi connectivity index (χ4v) is 3.14. The standard InChI is InChI=1S/C26H23N3O3/c1-31-24-13-9-23(10-14-24)29-16-15-20(18-29)17-27-28-26(30)19-32-25-11-7-22(8-12-25)21-5-3-2-4-6-21/h2-18H,19H2,1H3,(H,28,30)/b27-17+. The van der Waals surface area contributed by atoms with Crippen LogP contribution in [0, 0.1) is 0 Å². The van der Waals surface area contributed by atoms with Crippen LogP contribution >= 0.6 is 0 Å². The number of amides is 1. The van der Waals surface area contributed by atoms with Crippen LogP contribution in [0.5, 0.6) is 11.5 Å². The number of nitrogens with zero attached hydrogens (tertiary/aromatic N) is 2. The van der Waals surface area contributed by atoms with Gasteiger partial charge >= 0.3 is 0 Å². The monoisotopic (exact) mass is 425 g/mol. The van der Waals surface area contributed by atoms with Crippen LogP contribution in [-0.4, -0.2) is 30.4 Å². The van der Waals surface area contributed by atoms with Crippen molar-refractivity contribution in [3.63, 3.8) is 0 Å². The maximum atomic E-state index is 12.0. The van der Waals surface area contributed by atoms with Crippen molar-refractivity contribution in [3.05, 3.63) is 103 Å². The second-order valence-corrected chi connectivity index (χ2v) is 7.02. The van der Waals surface area contributed by atoms with Gasteiger partial charge < -0.3 is 14.0 Å². The fraction of sp³-hybridized carbons (Fsp3) is 0.0769. The number of benzene rings is 3. The predicted octanol–water partition coefficient (Wildman–Crippen LogP) is 4.68. The van der Waals surface area contributed by atoms with Crippen molar-refractivity contribution in [3.8, 4) is 28.3 Å². The van der Waals surface area contributed by atoms with Gasteiger partial charge in [-0.05, 0) is 53.6 Å². The number of aromatic nitrogens is 1. The molecule has 0 spiro atoms. The summed E-state index contributed by atoms with van der Waals surface area (Å²) < 4.78 is 12.7. The highest BCUT2D eigenvalue weighted by Gasteiger charge is 2.03. The second-order valence-electron chi connectivity index (χ2n) is 7.02. The third kappa shape index (κ3) is 5.43. The molecule has 0 fully saturated rings. The van der Waals surface area contributed by atoms with Gasteiger partial charge in [-0.15, -0.1) is 0 Å². The molecule has 1 aromatic heterocycles. The first kappa shape index (κ1) is 20.9. The fourth-order valence-electron chi connectivity index (χ4n) is 3.14. The van der Waals surface area contributed by atoms with E-state index < -0.39 is 0 Å². The average molecular weight is 425 g/mol. The van der Waals surface area contributed by atoms with Crippen molar-refractivity contribution in [2.75, 3.05) is 13.7 Å². The molecule has 160 valence electrons. The van der Waals surface area contributed by atoms with Crippen LogP contribution in [0.15, 0.2) is 102 Å². The summed E-state index contributed by atoms with van der Waals surface area (Å²) in [6.07, 6.45) is 5.43. The van der Waals surface area contributed by atoms with Gasteiger partial charge in [-0.3, -0.25) is 4.79 Å². The Labute approximate surface area is 186 Å². The van der Waals surface area contributed by atoms with Gasteiger partial charge in [0.15, 0.2) is 6.61 Å². The number of rotatable bonds is 8. The Balaban J connectivity index is 1.25. The second kappa shape index (κ2) is 10.1. The first-order valence-electron chi connectivity index (χ1n) is 10.1. The van der Waals surface area contributed by atoms with E-state index in [1.807, 2.05) is 102 Å². The minimum atomic E-state index is -0.331. The summed E-state index contributed by atoms with van der Waals surface area (Å²) in [5.41, 5.74) is 6.57. The maximum absolute atomic E-state index is 12.0. The Kier molecular flexibility index (Phi) is 6.63. The Morgan fingerprint density at radius 2 is 1.59 bits per heavy atom. The normalized spacial score (nSPS) is 10.8. The zero-order valence-corrected chi connectivity index (χ0v) is 17.6. The van der Waals surface area contributed by atoms with Gasteiger partial charge in [0.2, 0.25) is 0 Å².